The number of carbonyl (C=O) groups is 1. The molecule has 0 amide bonds. The van der Waals surface area contributed by atoms with Crippen molar-refractivity contribution >= 4 is 6.29 Å². The second-order valence-electron chi connectivity index (χ2n) is 3.40. The molecule has 0 aromatic carbocycles. The second kappa shape index (κ2) is 3.70. The number of hydrogen-bond donors (Lipinski definition) is 0. The molecule has 0 aliphatic heterocycles. The fraction of sp³-hybridized carbons (Fsp3) is 0.700. The van der Waals surface area contributed by atoms with Crippen molar-refractivity contribution in [3.8, 4) is 0 Å². The molecular formula is C10H16O. The van der Waals surface area contributed by atoms with Crippen molar-refractivity contribution in [2.24, 2.45) is 11.8 Å². The Labute approximate surface area is 68.5 Å². The molecule has 1 heteroatoms. The third-order valence-electron chi connectivity index (χ3n) is 2.62. The van der Waals surface area contributed by atoms with Crippen molar-refractivity contribution in [2.45, 2.75) is 33.1 Å². The van der Waals surface area contributed by atoms with Gasteiger partial charge in [-0.25, -0.2) is 0 Å². The van der Waals surface area contributed by atoms with Crippen LogP contribution < -0.4 is 0 Å². The molecule has 2 atom stereocenters. The van der Waals surface area contributed by atoms with Gasteiger partial charge in [-0.15, -0.1) is 0 Å². The topological polar surface area (TPSA) is 17.1 Å². The molecule has 1 rings (SSSR count). The maximum absolute atomic E-state index is 10.5. The van der Waals surface area contributed by atoms with E-state index in [9.17, 15) is 4.79 Å². The number of carbonyl (C=O) groups excluding carboxylic acids is 1. The zero-order valence-electron chi connectivity index (χ0n) is 7.34. The van der Waals surface area contributed by atoms with E-state index in [0.29, 0.717) is 0 Å². The van der Waals surface area contributed by atoms with Crippen LogP contribution in [0.15, 0.2) is 11.6 Å². The Morgan fingerprint density at radius 1 is 1.64 bits per heavy atom. The van der Waals surface area contributed by atoms with Crippen LogP contribution in [0.1, 0.15) is 33.1 Å². The lowest BCUT2D eigenvalue weighted by Crippen LogP contribution is -2.13. The van der Waals surface area contributed by atoms with E-state index in [1.54, 1.807) is 0 Å². The van der Waals surface area contributed by atoms with Crippen LogP contribution in [0.3, 0.4) is 0 Å². The van der Waals surface area contributed by atoms with Crippen LogP contribution in [-0.2, 0) is 4.79 Å². The number of aldehydes is 1. The predicted octanol–water partition coefficient (Wildman–Crippen LogP) is 2.57. The molecule has 0 fully saturated rings. The molecule has 11 heavy (non-hydrogen) atoms. The molecule has 62 valence electrons. The van der Waals surface area contributed by atoms with Crippen molar-refractivity contribution in [3.05, 3.63) is 11.6 Å². The summed E-state index contributed by atoms with van der Waals surface area (Å²) in [5.74, 6) is 0.948. The number of hydrogen-bond acceptors (Lipinski definition) is 1. The molecule has 0 saturated carbocycles. The summed E-state index contributed by atoms with van der Waals surface area (Å²) in [4.78, 5) is 10.5. The lowest BCUT2D eigenvalue weighted by atomic mass is 9.83. The first kappa shape index (κ1) is 8.51. The Balaban J connectivity index is 2.63. The van der Waals surface area contributed by atoms with E-state index in [0.717, 1.165) is 18.6 Å². The highest BCUT2D eigenvalue weighted by Crippen LogP contribution is 2.28. The molecular weight excluding hydrogens is 136 g/mol. The monoisotopic (exact) mass is 152 g/mol. The van der Waals surface area contributed by atoms with Gasteiger partial charge in [0.2, 0.25) is 0 Å². The van der Waals surface area contributed by atoms with Gasteiger partial charge in [-0.05, 0) is 32.1 Å². The average Bonchev–Trinajstić information content (AvgIpc) is 2.04. The highest BCUT2D eigenvalue weighted by atomic mass is 16.1. The standard InChI is InChI=1S/C10H16O/c1-3-9-4-5-10(7-11)8(2)6-9/h6-7,9-10H,3-5H2,1-2H3. The van der Waals surface area contributed by atoms with E-state index in [4.69, 9.17) is 0 Å². The minimum Gasteiger partial charge on any atom is -0.303 e. The van der Waals surface area contributed by atoms with E-state index in [-0.39, 0.29) is 5.92 Å². The summed E-state index contributed by atoms with van der Waals surface area (Å²) in [6.45, 7) is 4.27. The van der Waals surface area contributed by atoms with E-state index >= 15 is 0 Å². The first-order valence-corrected chi connectivity index (χ1v) is 4.41. The SMILES string of the molecule is CCC1C=C(C)C(C=O)CC1. The Kier molecular flexibility index (Phi) is 2.86. The summed E-state index contributed by atoms with van der Waals surface area (Å²) in [6.07, 6.45) is 6.81. The average molecular weight is 152 g/mol. The molecule has 0 aromatic heterocycles. The molecule has 0 bridgehead atoms. The Morgan fingerprint density at radius 2 is 2.36 bits per heavy atom. The van der Waals surface area contributed by atoms with Gasteiger partial charge in [0.05, 0.1) is 0 Å². The van der Waals surface area contributed by atoms with Crippen molar-refractivity contribution in [1.82, 2.24) is 0 Å². The normalized spacial score (nSPS) is 31.3. The Hall–Kier alpha value is -0.590. The fourth-order valence-corrected chi connectivity index (χ4v) is 1.70. The summed E-state index contributed by atoms with van der Waals surface area (Å²) in [5.41, 5.74) is 1.28. The maximum atomic E-state index is 10.5. The van der Waals surface area contributed by atoms with Crippen molar-refractivity contribution < 1.29 is 4.79 Å². The summed E-state index contributed by atoms with van der Waals surface area (Å²) < 4.78 is 0. The zero-order chi connectivity index (χ0) is 8.27. The van der Waals surface area contributed by atoms with Crippen LogP contribution >= 0.6 is 0 Å². The molecule has 0 radical (unpaired) electrons. The van der Waals surface area contributed by atoms with Crippen LogP contribution in [-0.4, -0.2) is 6.29 Å². The smallest absolute Gasteiger partial charge is 0.127 e. The van der Waals surface area contributed by atoms with E-state index in [2.05, 4.69) is 19.9 Å². The van der Waals surface area contributed by atoms with Gasteiger partial charge < -0.3 is 4.79 Å². The van der Waals surface area contributed by atoms with Gasteiger partial charge >= 0.3 is 0 Å². The third kappa shape index (κ3) is 1.92. The first-order valence-electron chi connectivity index (χ1n) is 4.41. The summed E-state index contributed by atoms with van der Waals surface area (Å²) >= 11 is 0. The summed E-state index contributed by atoms with van der Waals surface area (Å²) in [7, 11) is 0. The van der Waals surface area contributed by atoms with Crippen LogP contribution in [0, 0.1) is 11.8 Å². The minimum atomic E-state index is 0.220. The van der Waals surface area contributed by atoms with Crippen molar-refractivity contribution in [2.75, 3.05) is 0 Å². The molecule has 1 nitrogen and oxygen atoms in total. The van der Waals surface area contributed by atoms with Gasteiger partial charge in [0.25, 0.3) is 0 Å². The van der Waals surface area contributed by atoms with Crippen LogP contribution in [0.4, 0.5) is 0 Å². The van der Waals surface area contributed by atoms with Gasteiger partial charge in [0.1, 0.15) is 6.29 Å². The van der Waals surface area contributed by atoms with Crippen LogP contribution in [0.25, 0.3) is 0 Å². The molecule has 0 N–H and O–H groups in total. The fourth-order valence-electron chi connectivity index (χ4n) is 1.70. The van der Waals surface area contributed by atoms with Gasteiger partial charge in [0.15, 0.2) is 0 Å². The summed E-state index contributed by atoms with van der Waals surface area (Å²) in [5, 5.41) is 0. The van der Waals surface area contributed by atoms with Gasteiger partial charge in [0, 0.05) is 5.92 Å². The van der Waals surface area contributed by atoms with Crippen molar-refractivity contribution in [1.29, 1.82) is 0 Å². The van der Waals surface area contributed by atoms with Gasteiger partial charge in [-0.1, -0.05) is 18.6 Å². The van der Waals surface area contributed by atoms with Gasteiger partial charge in [-0.2, -0.15) is 0 Å². The predicted molar refractivity (Wildman–Crippen MR) is 46.3 cm³/mol. The zero-order valence-corrected chi connectivity index (χ0v) is 7.34. The highest BCUT2D eigenvalue weighted by Gasteiger charge is 2.17. The summed E-state index contributed by atoms with van der Waals surface area (Å²) in [6, 6.07) is 0. The third-order valence-corrected chi connectivity index (χ3v) is 2.62. The molecule has 2 unspecified atom stereocenters. The number of allylic oxidation sites excluding steroid dienone is 2. The highest BCUT2D eigenvalue weighted by molar-refractivity contribution is 5.59. The van der Waals surface area contributed by atoms with E-state index in [1.165, 1.54) is 18.4 Å². The van der Waals surface area contributed by atoms with Crippen LogP contribution in [0.5, 0.6) is 0 Å². The molecule has 0 aromatic rings. The maximum Gasteiger partial charge on any atom is 0.127 e. The van der Waals surface area contributed by atoms with E-state index < -0.39 is 0 Å². The first-order chi connectivity index (χ1) is 5.27. The lowest BCUT2D eigenvalue weighted by molar-refractivity contribution is -0.110. The van der Waals surface area contributed by atoms with Gasteiger partial charge in [-0.3, -0.25) is 0 Å². The minimum absolute atomic E-state index is 0.220. The Bertz CT molecular complexity index is 170. The molecule has 1 aliphatic carbocycles. The van der Waals surface area contributed by atoms with E-state index in [1.807, 2.05) is 0 Å². The second-order valence-corrected chi connectivity index (χ2v) is 3.40. The largest absolute Gasteiger partial charge is 0.303 e. The number of rotatable bonds is 2. The quantitative estimate of drug-likeness (QED) is 0.439. The molecule has 0 heterocycles. The molecule has 0 saturated heterocycles. The lowest BCUT2D eigenvalue weighted by Gasteiger charge is -2.22. The Morgan fingerprint density at radius 3 is 2.82 bits per heavy atom. The van der Waals surface area contributed by atoms with Crippen molar-refractivity contribution in [3.63, 3.8) is 0 Å². The molecule has 0 spiro atoms. The van der Waals surface area contributed by atoms with Crippen LogP contribution in [0.2, 0.25) is 0 Å². The molecule has 1 aliphatic rings.